The normalized spacial score (nSPS) is 13.9. The van der Waals surface area contributed by atoms with E-state index in [-0.39, 0.29) is 0 Å². The highest BCUT2D eigenvalue weighted by Crippen LogP contribution is 2.22. The molecule has 1 aliphatic heterocycles. The van der Waals surface area contributed by atoms with Gasteiger partial charge in [0.15, 0.2) is 0 Å². The zero-order chi connectivity index (χ0) is 18.6. The summed E-state index contributed by atoms with van der Waals surface area (Å²) in [6, 6.07) is 15.8. The molecule has 2 aromatic carbocycles. The Kier molecular flexibility index (Phi) is 5.23. The Bertz CT molecular complexity index is 912. The van der Waals surface area contributed by atoms with E-state index in [1.165, 1.54) is 11.1 Å². The summed E-state index contributed by atoms with van der Waals surface area (Å²) in [6.45, 7) is 2.75. The van der Waals surface area contributed by atoms with Crippen LogP contribution in [0, 0.1) is 0 Å². The van der Waals surface area contributed by atoms with Crippen LogP contribution in [0.4, 0.5) is 11.6 Å². The number of anilines is 2. The second-order valence-corrected chi connectivity index (χ2v) is 7.04. The molecule has 0 spiro atoms. The van der Waals surface area contributed by atoms with Gasteiger partial charge in [0.25, 0.3) is 0 Å². The minimum Gasteiger partial charge on any atom is -0.497 e. The molecule has 1 N–H and O–H groups in total. The fraction of sp³-hybridized carbons (Fsp3) is 0.238. The van der Waals surface area contributed by atoms with Crippen molar-refractivity contribution in [1.29, 1.82) is 0 Å². The van der Waals surface area contributed by atoms with E-state index in [0.717, 1.165) is 48.2 Å². The summed E-state index contributed by atoms with van der Waals surface area (Å²) in [5.41, 5.74) is 4.52. The predicted molar refractivity (Wildman–Crippen MR) is 108 cm³/mol. The van der Waals surface area contributed by atoms with Crippen LogP contribution in [-0.4, -0.2) is 28.5 Å². The van der Waals surface area contributed by atoms with Crippen LogP contribution in [0.3, 0.4) is 0 Å². The van der Waals surface area contributed by atoms with E-state index in [4.69, 9.17) is 21.3 Å². The fourth-order valence-electron chi connectivity index (χ4n) is 3.22. The molecule has 0 bridgehead atoms. The third kappa shape index (κ3) is 4.38. The Hall–Kier alpha value is -2.63. The quantitative estimate of drug-likeness (QED) is 0.709. The minimum absolute atomic E-state index is 0.630. The Morgan fingerprint density at radius 1 is 1.11 bits per heavy atom. The zero-order valence-electron chi connectivity index (χ0n) is 15.2. The maximum atomic E-state index is 5.97. The van der Waals surface area contributed by atoms with Crippen molar-refractivity contribution < 1.29 is 4.74 Å². The molecule has 0 saturated carbocycles. The van der Waals surface area contributed by atoms with Gasteiger partial charge >= 0.3 is 0 Å². The van der Waals surface area contributed by atoms with Gasteiger partial charge in [0.2, 0.25) is 5.95 Å². The van der Waals surface area contributed by atoms with Gasteiger partial charge in [-0.3, -0.25) is 4.90 Å². The topological polar surface area (TPSA) is 50.3 Å². The molecule has 27 heavy (non-hydrogen) atoms. The van der Waals surface area contributed by atoms with Gasteiger partial charge < -0.3 is 10.1 Å². The first kappa shape index (κ1) is 17.8. The van der Waals surface area contributed by atoms with Crippen molar-refractivity contribution in [3.8, 4) is 5.75 Å². The van der Waals surface area contributed by atoms with Crippen LogP contribution in [0.25, 0.3) is 0 Å². The number of ether oxygens (including phenoxy) is 1. The molecular weight excluding hydrogens is 360 g/mol. The molecule has 0 atom stereocenters. The molecule has 3 aromatic rings. The van der Waals surface area contributed by atoms with E-state index in [1.54, 1.807) is 7.11 Å². The summed E-state index contributed by atoms with van der Waals surface area (Å²) in [7, 11) is 1.66. The Labute approximate surface area is 164 Å². The van der Waals surface area contributed by atoms with Crippen molar-refractivity contribution in [3.05, 3.63) is 76.6 Å². The van der Waals surface area contributed by atoms with Crippen LogP contribution in [0.15, 0.2) is 54.7 Å². The second kappa shape index (κ2) is 7.94. The third-order valence-corrected chi connectivity index (χ3v) is 4.93. The SMILES string of the molecule is COc1ccc(Nc2ncc3c(n2)CCN(Cc2ccc(Cl)cc2)C3)cc1. The van der Waals surface area contributed by atoms with Gasteiger partial charge in [-0.1, -0.05) is 23.7 Å². The third-order valence-electron chi connectivity index (χ3n) is 4.68. The zero-order valence-corrected chi connectivity index (χ0v) is 15.9. The second-order valence-electron chi connectivity index (χ2n) is 6.61. The van der Waals surface area contributed by atoms with E-state index < -0.39 is 0 Å². The van der Waals surface area contributed by atoms with Crippen molar-refractivity contribution in [3.63, 3.8) is 0 Å². The van der Waals surface area contributed by atoms with Gasteiger partial charge in [0.1, 0.15) is 5.75 Å². The van der Waals surface area contributed by atoms with Gasteiger partial charge in [-0.25, -0.2) is 9.97 Å². The standard InChI is InChI=1S/C21H21ClN4O/c1-27-19-8-6-18(7-9-19)24-21-23-12-16-14-26(11-10-20(16)25-21)13-15-2-4-17(22)5-3-15/h2-9,12H,10-11,13-14H2,1H3,(H,23,24,25). The molecule has 2 heterocycles. The van der Waals surface area contributed by atoms with Gasteiger partial charge in [-0.05, 0) is 42.0 Å². The highest BCUT2D eigenvalue weighted by atomic mass is 35.5. The predicted octanol–water partition coefficient (Wildman–Crippen LogP) is 4.44. The molecule has 138 valence electrons. The molecule has 1 aromatic heterocycles. The lowest BCUT2D eigenvalue weighted by molar-refractivity contribution is 0.243. The summed E-state index contributed by atoms with van der Waals surface area (Å²) in [6.07, 6.45) is 2.85. The van der Waals surface area contributed by atoms with Gasteiger partial charge in [-0.15, -0.1) is 0 Å². The Balaban J connectivity index is 1.42. The first-order valence-corrected chi connectivity index (χ1v) is 9.30. The van der Waals surface area contributed by atoms with Crippen molar-refractivity contribution in [1.82, 2.24) is 14.9 Å². The molecule has 0 aliphatic carbocycles. The van der Waals surface area contributed by atoms with Crippen LogP contribution >= 0.6 is 11.6 Å². The van der Waals surface area contributed by atoms with E-state index in [2.05, 4.69) is 27.3 Å². The number of rotatable bonds is 5. The monoisotopic (exact) mass is 380 g/mol. The summed E-state index contributed by atoms with van der Waals surface area (Å²) >= 11 is 5.97. The van der Waals surface area contributed by atoms with E-state index >= 15 is 0 Å². The molecule has 0 radical (unpaired) electrons. The molecule has 0 fully saturated rings. The van der Waals surface area contributed by atoms with Crippen LogP contribution in [-0.2, 0) is 19.5 Å². The summed E-state index contributed by atoms with van der Waals surface area (Å²) in [4.78, 5) is 11.6. The van der Waals surface area contributed by atoms with Crippen molar-refractivity contribution in [2.75, 3.05) is 19.0 Å². The number of hydrogen-bond donors (Lipinski definition) is 1. The number of methoxy groups -OCH3 is 1. The number of aromatic nitrogens is 2. The van der Waals surface area contributed by atoms with Crippen LogP contribution in [0.5, 0.6) is 5.75 Å². The van der Waals surface area contributed by atoms with Crippen molar-refractivity contribution in [2.45, 2.75) is 19.5 Å². The van der Waals surface area contributed by atoms with Gasteiger partial charge in [0, 0.05) is 48.5 Å². The molecule has 0 unspecified atom stereocenters. The van der Waals surface area contributed by atoms with E-state index in [1.807, 2.05) is 42.6 Å². The summed E-state index contributed by atoms with van der Waals surface area (Å²) in [5, 5.41) is 4.03. The number of benzene rings is 2. The molecular formula is C21H21ClN4O. The van der Waals surface area contributed by atoms with E-state index in [9.17, 15) is 0 Å². The first-order chi connectivity index (χ1) is 13.2. The van der Waals surface area contributed by atoms with Gasteiger partial charge in [0.05, 0.1) is 12.8 Å². The minimum atomic E-state index is 0.630. The lowest BCUT2D eigenvalue weighted by Crippen LogP contribution is -2.31. The number of halogens is 1. The highest BCUT2D eigenvalue weighted by molar-refractivity contribution is 6.30. The molecule has 1 aliphatic rings. The van der Waals surface area contributed by atoms with Crippen LogP contribution in [0.1, 0.15) is 16.8 Å². The maximum Gasteiger partial charge on any atom is 0.227 e. The molecule has 6 heteroatoms. The molecule has 0 amide bonds. The smallest absolute Gasteiger partial charge is 0.227 e. The summed E-state index contributed by atoms with van der Waals surface area (Å²) < 4.78 is 5.18. The van der Waals surface area contributed by atoms with Crippen LogP contribution < -0.4 is 10.1 Å². The average Bonchev–Trinajstić information content (AvgIpc) is 2.70. The average molecular weight is 381 g/mol. The number of nitrogens with zero attached hydrogens (tertiary/aromatic N) is 3. The largest absolute Gasteiger partial charge is 0.497 e. The lowest BCUT2D eigenvalue weighted by atomic mass is 10.1. The van der Waals surface area contributed by atoms with Gasteiger partial charge in [-0.2, -0.15) is 0 Å². The number of fused-ring (bicyclic) bond motifs is 1. The number of hydrogen-bond acceptors (Lipinski definition) is 5. The summed E-state index contributed by atoms with van der Waals surface area (Å²) in [5.74, 6) is 1.46. The Morgan fingerprint density at radius 3 is 2.63 bits per heavy atom. The molecule has 5 nitrogen and oxygen atoms in total. The Morgan fingerprint density at radius 2 is 1.89 bits per heavy atom. The van der Waals surface area contributed by atoms with Crippen molar-refractivity contribution >= 4 is 23.2 Å². The van der Waals surface area contributed by atoms with Crippen LogP contribution in [0.2, 0.25) is 5.02 Å². The molecule has 4 rings (SSSR count). The maximum absolute atomic E-state index is 5.97. The first-order valence-electron chi connectivity index (χ1n) is 8.92. The molecule has 0 saturated heterocycles. The number of nitrogens with one attached hydrogen (secondary N) is 1. The lowest BCUT2D eigenvalue weighted by Gasteiger charge is -2.28. The van der Waals surface area contributed by atoms with E-state index in [0.29, 0.717) is 5.95 Å². The van der Waals surface area contributed by atoms with Crippen molar-refractivity contribution in [2.24, 2.45) is 0 Å². The fourth-order valence-corrected chi connectivity index (χ4v) is 3.35. The highest BCUT2D eigenvalue weighted by Gasteiger charge is 2.18.